The molecule has 2 aromatic heterocycles. The van der Waals surface area contributed by atoms with Crippen molar-refractivity contribution in [2.24, 2.45) is 0 Å². The molecule has 0 unspecified atom stereocenters. The number of amides is 1. The molecule has 3 heterocycles. The number of rotatable bonds is 4. The van der Waals surface area contributed by atoms with Crippen molar-refractivity contribution < 1.29 is 14.3 Å². The van der Waals surface area contributed by atoms with Crippen molar-refractivity contribution in [1.82, 2.24) is 15.3 Å². The zero-order valence-corrected chi connectivity index (χ0v) is 13.3. The second-order valence-corrected chi connectivity index (χ2v) is 5.52. The highest BCUT2D eigenvalue weighted by Gasteiger charge is 2.14. The first-order valence-electron chi connectivity index (χ1n) is 7.84. The molecular weight excluding hydrogens is 318 g/mol. The van der Waals surface area contributed by atoms with Gasteiger partial charge in [-0.1, -0.05) is 12.1 Å². The van der Waals surface area contributed by atoms with Crippen molar-refractivity contribution in [2.45, 2.75) is 6.54 Å². The molecule has 0 radical (unpaired) electrons. The molecule has 0 saturated heterocycles. The highest BCUT2D eigenvalue weighted by Crippen LogP contribution is 2.32. The van der Waals surface area contributed by atoms with E-state index in [-0.39, 0.29) is 12.7 Å². The highest BCUT2D eigenvalue weighted by molar-refractivity contribution is 5.94. The van der Waals surface area contributed by atoms with Crippen molar-refractivity contribution in [1.29, 1.82) is 0 Å². The van der Waals surface area contributed by atoms with Gasteiger partial charge in [0.1, 0.15) is 0 Å². The van der Waals surface area contributed by atoms with Gasteiger partial charge in [-0.15, -0.1) is 0 Å². The lowest BCUT2D eigenvalue weighted by Gasteiger charge is -2.07. The Labute approximate surface area is 144 Å². The van der Waals surface area contributed by atoms with Gasteiger partial charge >= 0.3 is 0 Å². The minimum absolute atomic E-state index is 0.183. The van der Waals surface area contributed by atoms with Gasteiger partial charge in [-0.25, -0.2) is 0 Å². The number of pyridine rings is 2. The van der Waals surface area contributed by atoms with Gasteiger partial charge in [0.15, 0.2) is 11.5 Å². The fourth-order valence-corrected chi connectivity index (χ4v) is 2.53. The van der Waals surface area contributed by atoms with E-state index in [9.17, 15) is 4.79 Å². The Morgan fingerprint density at radius 2 is 1.88 bits per heavy atom. The predicted octanol–water partition coefficient (Wildman–Crippen LogP) is 2.80. The number of nitrogens with one attached hydrogen (secondary N) is 1. The third kappa shape index (κ3) is 3.28. The molecule has 25 heavy (non-hydrogen) atoms. The van der Waals surface area contributed by atoms with E-state index in [2.05, 4.69) is 15.3 Å². The van der Waals surface area contributed by atoms with E-state index in [4.69, 9.17) is 9.47 Å². The molecule has 6 heteroatoms. The lowest BCUT2D eigenvalue weighted by atomic mass is 10.2. The normalized spacial score (nSPS) is 12.0. The Bertz CT molecular complexity index is 896. The fraction of sp³-hybridized carbons (Fsp3) is 0.105. The number of carbonyl (C=O) groups excluding carboxylic acids is 1. The maximum absolute atomic E-state index is 12.3. The lowest BCUT2D eigenvalue weighted by molar-refractivity contribution is 0.0950. The third-order valence-corrected chi connectivity index (χ3v) is 3.84. The number of hydrogen-bond donors (Lipinski definition) is 1. The van der Waals surface area contributed by atoms with E-state index >= 15 is 0 Å². The van der Waals surface area contributed by atoms with Crippen LogP contribution in [0.1, 0.15) is 15.9 Å². The van der Waals surface area contributed by atoms with Crippen LogP contribution in [0.5, 0.6) is 11.5 Å². The lowest BCUT2D eigenvalue weighted by Crippen LogP contribution is -2.22. The van der Waals surface area contributed by atoms with Gasteiger partial charge in [0.25, 0.3) is 5.91 Å². The number of ether oxygens (including phenoxy) is 2. The fourth-order valence-electron chi connectivity index (χ4n) is 2.53. The molecule has 1 aliphatic rings. The smallest absolute Gasteiger partial charge is 0.253 e. The van der Waals surface area contributed by atoms with Gasteiger partial charge in [-0.05, 0) is 42.0 Å². The average molecular weight is 333 g/mol. The largest absolute Gasteiger partial charge is 0.454 e. The molecule has 0 saturated carbocycles. The molecule has 6 nitrogen and oxygen atoms in total. The van der Waals surface area contributed by atoms with Crippen molar-refractivity contribution in [3.8, 4) is 22.9 Å². The zero-order valence-electron chi connectivity index (χ0n) is 13.3. The van der Waals surface area contributed by atoms with Crippen LogP contribution >= 0.6 is 0 Å². The number of nitrogens with zero attached hydrogens (tertiary/aromatic N) is 2. The Morgan fingerprint density at radius 1 is 1.00 bits per heavy atom. The van der Waals surface area contributed by atoms with Crippen LogP contribution in [-0.4, -0.2) is 22.7 Å². The molecule has 1 amide bonds. The first-order valence-corrected chi connectivity index (χ1v) is 7.84. The minimum Gasteiger partial charge on any atom is -0.454 e. The van der Waals surface area contributed by atoms with E-state index in [0.717, 1.165) is 22.7 Å². The quantitative estimate of drug-likeness (QED) is 0.795. The molecular formula is C19H15N3O3. The molecule has 4 rings (SSSR count). The van der Waals surface area contributed by atoms with Crippen LogP contribution in [0.15, 0.2) is 60.9 Å². The Balaban J connectivity index is 1.41. The average Bonchev–Trinajstić information content (AvgIpc) is 3.15. The first-order chi connectivity index (χ1) is 12.3. The Kier molecular flexibility index (Phi) is 4.00. The number of fused-ring (bicyclic) bond motifs is 1. The maximum Gasteiger partial charge on any atom is 0.253 e. The van der Waals surface area contributed by atoms with Gasteiger partial charge in [0, 0.05) is 18.9 Å². The van der Waals surface area contributed by atoms with Crippen LogP contribution < -0.4 is 14.8 Å². The minimum atomic E-state index is -0.183. The number of carbonyl (C=O) groups is 1. The summed E-state index contributed by atoms with van der Waals surface area (Å²) in [6.45, 7) is 0.636. The maximum atomic E-state index is 12.3. The topological polar surface area (TPSA) is 73.3 Å². The summed E-state index contributed by atoms with van der Waals surface area (Å²) >= 11 is 0. The van der Waals surface area contributed by atoms with Gasteiger partial charge in [-0.3, -0.25) is 14.8 Å². The van der Waals surface area contributed by atoms with Crippen LogP contribution in [0.2, 0.25) is 0 Å². The summed E-state index contributed by atoms with van der Waals surface area (Å²) < 4.78 is 10.6. The van der Waals surface area contributed by atoms with Gasteiger partial charge in [-0.2, -0.15) is 0 Å². The Morgan fingerprint density at radius 3 is 2.68 bits per heavy atom. The van der Waals surface area contributed by atoms with Crippen molar-refractivity contribution in [3.05, 3.63) is 72.1 Å². The van der Waals surface area contributed by atoms with E-state index in [1.54, 1.807) is 24.5 Å². The molecule has 0 spiro atoms. The molecule has 124 valence electrons. The number of aromatic nitrogens is 2. The van der Waals surface area contributed by atoms with Crippen molar-refractivity contribution >= 4 is 5.91 Å². The molecule has 3 aromatic rings. The molecule has 1 aliphatic heterocycles. The summed E-state index contributed by atoms with van der Waals surface area (Å²) in [6.07, 6.45) is 3.27. The van der Waals surface area contributed by atoms with E-state index in [0.29, 0.717) is 17.9 Å². The van der Waals surface area contributed by atoms with Gasteiger partial charge in [0.05, 0.1) is 17.0 Å². The van der Waals surface area contributed by atoms with Crippen molar-refractivity contribution in [3.63, 3.8) is 0 Å². The van der Waals surface area contributed by atoms with E-state index in [1.807, 2.05) is 36.4 Å². The van der Waals surface area contributed by atoms with E-state index < -0.39 is 0 Å². The second kappa shape index (κ2) is 6.60. The monoisotopic (exact) mass is 333 g/mol. The van der Waals surface area contributed by atoms with Crippen LogP contribution in [0.3, 0.4) is 0 Å². The molecule has 0 atom stereocenters. The van der Waals surface area contributed by atoms with Crippen LogP contribution in [-0.2, 0) is 6.54 Å². The van der Waals surface area contributed by atoms with Crippen LogP contribution in [0.25, 0.3) is 11.4 Å². The first kappa shape index (κ1) is 15.1. The van der Waals surface area contributed by atoms with Crippen LogP contribution in [0, 0.1) is 0 Å². The standard InChI is InChI=1S/C19H15N3O3/c23-19(22-10-13-4-7-17-18(9-13)25-12-24-17)14-5-6-16(21-11-14)15-3-1-2-8-20-15/h1-9,11H,10,12H2,(H,22,23). The molecule has 0 fully saturated rings. The summed E-state index contributed by atoms with van der Waals surface area (Å²) in [4.78, 5) is 20.8. The summed E-state index contributed by atoms with van der Waals surface area (Å²) in [7, 11) is 0. The van der Waals surface area contributed by atoms with Gasteiger partial charge < -0.3 is 14.8 Å². The summed E-state index contributed by atoms with van der Waals surface area (Å²) in [5, 5.41) is 2.87. The molecule has 0 aliphatic carbocycles. The molecule has 1 N–H and O–H groups in total. The Hall–Kier alpha value is -3.41. The molecule has 0 bridgehead atoms. The summed E-state index contributed by atoms with van der Waals surface area (Å²) in [5.41, 5.74) is 2.94. The SMILES string of the molecule is O=C(NCc1ccc2c(c1)OCO2)c1ccc(-c2ccccn2)nc1. The van der Waals surface area contributed by atoms with E-state index in [1.165, 1.54) is 0 Å². The number of benzene rings is 1. The molecule has 1 aromatic carbocycles. The van der Waals surface area contributed by atoms with Crippen LogP contribution in [0.4, 0.5) is 0 Å². The predicted molar refractivity (Wildman–Crippen MR) is 91.2 cm³/mol. The summed E-state index contributed by atoms with van der Waals surface area (Å²) in [6, 6.07) is 14.8. The second-order valence-electron chi connectivity index (χ2n) is 5.52. The zero-order chi connectivity index (χ0) is 17.1. The summed E-state index contributed by atoms with van der Waals surface area (Å²) in [5.74, 6) is 1.25. The third-order valence-electron chi connectivity index (χ3n) is 3.84. The van der Waals surface area contributed by atoms with Gasteiger partial charge in [0.2, 0.25) is 6.79 Å². The van der Waals surface area contributed by atoms with Crippen molar-refractivity contribution in [2.75, 3.05) is 6.79 Å². The number of hydrogen-bond acceptors (Lipinski definition) is 5. The highest BCUT2D eigenvalue weighted by atomic mass is 16.7.